The van der Waals surface area contributed by atoms with Crippen molar-refractivity contribution in [2.75, 3.05) is 7.11 Å². The van der Waals surface area contributed by atoms with E-state index in [0.717, 1.165) is 16.9 Å². The maximum absolute atomic E-state index is 8.99. The topological polar surface area (TPSA) is 64.7 Å². The molecule has 0 bridgehead atoms. The molecule has 0 fully saturated rings. The SMILES string of the molecule is COc1ccc(CN)c(Oc2ccc(CO)cc2)c1. The number of nitrogens with two attached hydrogens (primary N) is 1. The Hall–Kier alpha value is -2.04. The lowest BCUT2D eigenvalue weighted by atomic mass is 10.2. The Morgan fingerprint density at radius 1 is 1.05 bits per heavy atom. The van der Waals surface area contributed by atoms with Crippen LogP contribution in [0.2, 0.25) is 0 Å². The fourth-order valence-corrected chi connectivity index (χ4v) is 1.72. The lowest BCUT2D eigenvalue weighted by Gasteiger charge is -2.12. The molecule has 2 aromatic carbocycles. The normalized spacial score (nSPS) is 10.3. The van der Waals surface area contributed by atoms with E-state index < -0.39 is 0 Å². The Morgan fingerprint density at radius 2 is 1.74 bits per heavy atom. The van der Waals surface area contributed by atoms with Crippen LogP contribution in [-0.2, 0) is 13.2 Å². The van der Waals surface area contributed by atoms with E-state index in [1.165, 1.54) is 0 Å². The maximum Gasteiger partial charge on any atom is 0.135 e. The number of hydrogen-bond donors (Lipinski definition) is 2. The van der Waals surface area contributed by atoms with E-state index in [1.807, 2.05) is 42.5 Å². The summed E-state index contributed by atoms with van der Waals surface area (Å²) in [6, 6.07) is 12.8. The van der Waals surface area contributed by atoms with E-state index >= 15 is 0 Å². The number of rotatable bonds is 5. The van der Waals surface area contributed by atoms with Crippen LogP contribution in [0.4, 0.5) is 0 Å². The van der Waals surface area contributed by atoms with Crippen molar-refractivity contribution in [3.63, 3.8) is 0 Å². The summed E-state index contributed by atoms with van der Waals surface area (Å²) in [5.41, 5.74) is 7.44. The van der Waals surface area contributed by atoms with Crippen LogP contribution in [0.15, 0.2) is 42.5 Å². The molecule has 0 atom stereocenters. The van der Waals surface area contributed by atoms with E-state index in [1.54, 1.807) is 7.11 Å². The van der Waals surface area contributed by atoms with Gasteiger partial charge in [-0.25, -0.2) is 0 Å². The van der Waals surface area contributed by atoms with Crippen molar-refractivity contribution in [2.45, 2.75) is 13.2 Å². The average Bonchev–Trinajstić information content (AvgIpc) is 2.48. The molecule has 0 heterocycles. The second-order valence-corrected chi connectivity index (χ2v) is 4.08. The highest BCUT2D eigenvalue weighted by Crippen LogP contribution is 2.29. The van der Waals surface area contributed by atoms with E-state index in [2.05, 4.69) is 0 Å². The van der Waals surface area contributed by atoms with Crippen molar-refractivity contribution < 1.29 is 14.6 Å². The zero-order valence-corrected chi connectivity index (χ0v) is 10.8. The molecule has 0 saturated carbocycles. The van der Waals surface area contributed by atoms with Crippen LogP contribution < -0.4 is 15.2 Å². The molecule has 4 nitrogen and oxygen atoms in total. The van der Waals surface area contributed by atoms with Gasteiger partial charge in [0.25, 0.3) is 0 Å². The van der Waals surface area contributed by atoms with Crippen LogP contribution >= 0.6 is 0 Å². The van der Waals surface area contributed by atoms with Crippen LogP contribution in [-0.4, -0.2) is 12.2 Å². The molecule has 0 saturated heterocycles. The first-order valence-corrected chi connectivity index (χ1v) is 6.01. The van der Waals surface area contributed by atoms with Gasteiger partial charge < -0.3 is 20.3 Å². The van der Waals surface area contributed by atoms with Crippen LogP contribution in [0.5, 0.6) is 17.2 Å². The standard InChI is InChI=1S/C15H17NO3/c1-18-14-7-4-12(9-16)15(8-14)19-13-5-2-11(10-17)3-6-13/h2-8,17H,9-10,16H2,1H3. The summed E-state index contributed by atoms with van der Waals surface area (Å²) in [5.74, 6) is 2.10. The molecule has 0 aliphatic carbocycles. The quantitative estimate of drug-likeness (QED) is 0.865. The van der Waals surface area contributed by atoms with Gasteiger partial charge in [-0.1, -0.05) is 18.2 Å². The second-order valence-electron chi connectivity index (χ2n) is 4.08. The zero-order chi connectivity index (χ0) is 13.7. The van der Waals surface area contributed by atoms with Crippen LogP contribution in [0.3, 0.4) is 0 Å². The van der Waals surface area contributed by atoms with E-state index in [-0.39, 0.29) is 6.61 Å². The van der Waals surface area contributed by atoms with Crippen molar-refractivity contribution in [1.29, 1.82) is 0 Å². The average molecular weight is 259 g/mol. The lowest BCUT2D eigenvalue weighted by Crippen LogP contribution is -2.00. The number of ether oxygens (including phenoxy) is 2. The summed E-state index contributed by atoms with van der Waals surface area (Å²) >= 11 is 0. The molecule has 2 rings (SSSR count). The van der Waals surface area contributed by atoms with Gasteiger partial charge >= 0.3 is 0 Å². The summed E-state index contributed by atoms with van der Waals surface area (Å²) in [6.45, 7) is 0.418. The molecule has 3 N–H and O–H groups in total. The number of aliphatic hydroxyl groups is 1. The van der Waals surface area contributed by atoms with Gasteiger partial charge in [-0.2, -0.15) is 0 Å². The monoisotopic (exact) mass is 259 g/mol. The molecular formula is C15H17NO3. The van der Waals surface area contributed by atoms with E-state index in [4.69, 9.17) is 20.3 Å². The fraction of sp³-hybridized carbons (Fsp3) is 0.200. The van der Waals surface area contributed by atoms with Gasteiger partial charge in [-0.15, -0.1) is 0 Å². The Morgan fingerprint density at radius 3 is 2.32 bits per heavy atom. The van der Waals surface area contributed by atoms with E-state index in [9.17, 15) is 0 Å². The van der Waals surface area contributed by atoms with Crippen molar-refractivity contribution in [1.82, 2.24) is 0 Å². The molecule has 0 aliphatic heterocycles. The largest absolute Gasteiger partial charge is 0.497 e. The van der Waals surface area contributed by atoms with Gasteiger partial charge in [0, 0.05) is 18.2 Å². The van der Waals surface area contributed by atoms with Crippen LogP contribution in [0.25, 0.3) is 0 Å². The predicted octanol–water partition coefficient (Wildman–Crippen LogP) is 2.44. The summed E-state index contributed by atoms with van der Waals surface area (Å²) in [5, 5.41) is 8.99. The molecular weight excluding hydrogens is 242 g/mol. The minimum absolute atomic E-state index is 0.0213. The van der Waals surface area contributed by atoms with Crippen molar-refractivity contribution >= 4 is 0 Å². The highest BCUT2D eigenvalue weighted by Gasteiger charge is 2.06. The molecule has 0 radical (unpaired) electrons. The molecule has 0 aliphatic rings. The molecule has 0 aromatic heterocycles. The molecule has 100 valence electrons. The fourth-order valence-electron chi connectivity index (χ4n) is 1.72. The first-order chi connectivity index (χ1) is 9.26. The van der Waals surface area contributed by atoms with Crippen LogP contribution in [0.1, 0.15) is 11.1 Å². The van der Waals surface area contributed by atoms with Gasteiger partial charge in [0.2, 0.25) is 0 Å². The predicted molar refractivity (Wildman–Crippen MR) is 73.3 cm³/mol. The Labute approximate surface area is 112 Å². The summed E-state index contributed by atoms with van der Waals surface area (Å²) in [6.07, 6.45) is 0. The maximum atomic E-state index is 8.99. The lowest BCUT2D eigenvalue weighted by molar-refractivity contribution is 0.281. The summed E-state index contributed by atoms with van der Waals surface area (Å²) in [4.78, 5) is 0. The van der Waals surface area contributed by atoms with Crippen molar-refractivity contribution in [2.24, 2.45) is 5.73 Å². The molecule has 0 amide bonds. The highest BCUT2D eigenvalue weighted by molar-refractivity contribution is 5.43. The third-order valence-corrected chi connectivity index (χ3v) is 2.83. The second kappa shape index (κ2) is 6.22. The van der Waals surface area contributed by atoms with Gasteiger partial charge in [-0.3, -0.25) is 0 Å². The van der Waals surface area contributed by atoms with Gasteiger partial charge in [0.05, 0.1) is 13.7 Å². The third kappa shape index (κ3) is 3.24. The minimum Gasteiger partial charge on any atom is -0.497 e. The van der Waals surface area contributed by atoms with Crippen molar-refractivity contribution in [3.05, 3.63) is 53.6 Å². The number of aliphatic hydroxyl groups excluding tert-OH is 1. The Kier molecular flexibility index (Phi) is 4.39. The first-order valence-electron chi connectivity index (χ1n) is 6.01. The zero-order valence-electron chi connectivity index (χ0n) is 10.8. The van der Waals surface area contributed by atoms with Gasteiger partial charge in [0.15, 0.2) is 0 Å². The van der Waals surface area contributed by atoms with Gasteiger partial charge in [0.1, 0.15) is 17.2 Å². The minimum atomic E-state index is 0.0213. The smallest absolute Gasteiger partial charge is 0.135 e. The molecule has 2 aromatic rings. The number of benzene rings is 2. The summed E-state index contributed by atoms with van der Waals surface area (Å²) < 4.78 is 11.0. The number of methoxy groups -OCH3 is 1. The summed E-state index contributed by atoms with van der Waals surface area (Å²) in [7, 11) is 1.61. The van der Waals surface area contributed by atoms with Gasteiger partial charge in [-0.05, 0) is 23.8 Å². The van der Waals surface area contributed by atoms with Crippen LogP contribution in [0, 0.1) is 0 Å². The van der Waals surface area contributed by atoms with Crippen molar-refractivity contribution in [3.8, 4) is 17.2 Å². The molecule has 0 spiro atoms. The first kappa shape index (κ1) is 13.4. The third-order valence-electron chi connectivity index (χ3n) is 2.83. The Bertz CT molecular complexity index is 538. The number of hydrogen-bond acceptors (Lipinski definition) is 4. The molecule has 0 unspecified atom stereocenters. The van der Waals surface area contributed by atoms with E-state index in [0.29, 0.717) is 18.0 Å². The molecule has 19 heavy (non-hydrogen) atoms. The molecule has 4 heteroatoms. The highest BCUT2D eigenvalue weighted by atomic mass is 16.5. The Balaban J connectivity index is 2.25.